The van der Waals surface area contributed by atoms with Crippen molar-refractivity contribution in [3.63, 3.8) is 0 Å². The third-order valence-corrected chi connectivity index (χ3v) is 4.76. The number of halogens is 1. The van der Waals surface area contributed by atoms with E-state index in [-0.39, 0.29) is 17.8 Å². The number of anilines is 3. The van der Waals surface area contributed by atoms with Gasteiger partial charge in [0, 0.05) is 37.4 Å². The number of hydrogen-bond donors (Lipinski definition) is 3. The van der Waals surface area contributed by atoms with Gasteiger partial charge >= 0.3 is 6.09 Å². The molecule has 0 radical (unpaired) electrons. The number of piperidine rings is 1. The maximum atomic E-state index is 14.3. The molecule has 1 aromatic carbocycles. The summed E-state index contributed by atoms with van der Waals surface area (Å²) in [6, 6.07) is 6.34. The Labute approximate surface area is 161 Å². The third-order valence-electron chi connectivity index (χ3n) is 4.76. The molecule has 1 aliphatic heterocycles. The zero-order valence-electron chi connectivity index (χ0n) is 15.3. The fraction of sp³-hybridized carbons (Fsp3) is 0.333. The molecule has 0 atom stereocenters. The molecule has 10 heteroatoms. The van der Waals surface area contributed by atoms with Crippen molar-refractivity contribution in [1.82, 2.24) is 14.9 Å². The average Bonchev–Trinajstić information content (AvgIpc) is 2.69. The highest BCUT2D eigenvalue weighted by Crippen LogP contribution is 2.24. The molecule has 0 spiro atoms. The number of rotatable bonds is 5. The van der Waals surface area contributed by atoms with Crippen molar-refractivity contribution >= 4 is 29.5 Å². The highest BCUT2D eigenvalue weighted by Gasteiger charge is 2.27. The molecule has 0 unspecified atom stereocenters. The van der Waals surface area contributed by atoms with Crippen molar-refractivity contribution in [2.75, 3.05) is 30.4 Å². The van der Waals surface area contributed by atoms with E-state index < -0.39 is 17.8 Å². The molecule has 2 heterocycles. The van der Waals surface area contributed by atoms with Gasteiger partial charge in [-0.3, -0.25) is 4.79 Å². The average molecular weight is 388 g/mol. The number of nitrogens with zero attached hydrogens (tertiary/aromatic N) is 4. The minimum absolute atomic E-state index is 0.0972. The number of hydrogen-bond acceptors (Lipinski definition) is 6. The van der Waals surface area contributed by atoms with Gasteiger partial charge in [0.2, 0.25) is 11.9 Å². The lowest BCUT2D eigenvalue weighted by Crippen LogP contribution is -2.45. The Bertz CT molecular complexity index is 868. The first-order valence-electron chi connectivity index (χ1n) is 8.75. The zero-order chi connectivity index (χ0) is 20.3. The Balaban J connectivity index is 1.70. The van der Waals surface area contributed by atoms with Crippen molar-refractivity contribution in [3.05, 3.63) is 41.8 Å². The first-order chi connectivity index (χ1) is 13.3. The second-order valence-corrected chi connectivity index (χ2v) is 6.54. The van der Waals surface area contributed by atoms with E-state index in [0.717, 1.165) is 6.20 Å². The Morgan fingerprint density at radius 3 is 2.50 bits per heavy atom. The van der Waals surface area contributed by atoms with Gasteiger partial charge in [-0.15, -0.1) is 0 Å². The number of nitrogens with one attached hydrogen (secondary N) is 1. The zero-order valence-corrected chi connectivity index (χ0v) is 15.3. The fourth-order valence-corrected chi connectivity index (χ4v) is 3.11. The Morgan fingerprint density at radius 2 is 1.93 bits per heavy atom. The van der Waals surface area contributed by atoms with Gasteiger partial charge in [-0.25, -0.2) is 14.2 Å². The molecule has 4 N–H and O–H groups in total. The van der Waals surface area contributed by atoms with E-state index in [1.54, 1.807) is 36.2 Å². The van der Waals surface area contributed by atoms with Crippen molar-refractivity contribution in [2.45, 2.75) is 18.9 Å². The van der Waals surface area contributed by atoms with Gasteiger partial charge in [-0.05, 0) is 37.1 Å². The molecular weight excluding hydrogens is 367 g/mol. The van der Waals surface area contributed by atoms with Crippen LogP contribution in [0.2, 0.25) is 0 Å². The number of nitrogens with two attached hydrogens (primary N) is 1. The summed E-state index contributed by atoms with van der Waals surface area (Å²) in [4.78, 5) is 33.5. The summed E-state index contributed by atoms with van der Waals surface area (Å²) < 4.78 is 14.3. The molecular formula is C18H21FN6O3. The highest BCUT2D eigenvalue weighted by molar-refractivity contribution is 5.93. The summed E-state index contributed by atoms with van der Waals surface area (Å²) >= 11 is 0. The van der Waals surface area contributed by atoms with Gasteiger partial charge in [0.05, 0.1) is 6.20 Å². The highest BCUT2D eigenvalue weighted by atomic mass is 19.1. The first-order valence-corrected chi connectivity index (χ1v) is 8.75. The summed E-state index contributed by atoms with van der Waals surface area (Å²) in [6.07, 6.45) is 1.30. The number of carbonyl (C=O) groups is 2. The predicted molar refractivity (Wildman–Crippen MR) is 101 cm³/mol. The molecule has 148 valence electrons. The lowest BCUT2D eigenvalue weighted by molar-refractivity contribution is 0.1000. The molecule has 28 heavy (non-hydrogen) atoms. The summed E-state index contributed by atoms with van der Waals surface area (Å²) in [5.41, 5.74) is 6.22. The van der Waals surface area contributed by atoms with Crippen LogP contribution in [0.5, 0.6) is 0 Å². The van der Waals surface area contributed by atoms with Crippen molar-refractivity contribution in [3.8, 4) is 0 Å². The number of carbonyl (C=O) groups excluding carboxylic acids is 1. The number of benzene rings is 1. The second-order valence-electron chi connectivity index (χ2n) is 6.54. The molecule has 0 saturated carbocycles. The van der Waals surface area contributed by atoms with Crippen LogP contribution in [0.15, 0.2) is 30.5 Å². The molecule has 9 nitrogen and oxygen atoms in total. The van der Waals surface area contributed by atoms with E-state index in [1.807, 2.05) is 0 Å². The number of carboxylic acid groups (broad SMARTS) is 1. The standard InChI is InChI=1S/C18H21FN6O3/c1-24(18(27)28)13-6-8-25(9-7-13)16-14(19)10-21-17(23-16)22-12-4-2-11(3-5-12)15(20)26/h2-5,10,13H,6-9H2,1H3,(H2,20,26)(H,27,28)(H,21,22,23). The van der Waals surface area contributed by atoms with Crippen molar-refractivity contribution in [2.24, 2.45) is 5.73 Å². The minimum Gasteiger partial charge on any atom is -0.465 e. The lowest BCUT2D eigenvalue weighted by atomic mass is 10.0. The van der Waals surface area contributed by atoms with E-state index in [0.29, 0.717) is 37.2 Å². The molecule has 2 aromatic rings. The quantitative estimate of drug-likeness (QED) is 0.716. The van der Waals surface area contributed by atoms with Crippen LogP contribution in [-0.4, -0.2) is 58.2 Å². The molecule has 1 saturated heterocycles. The Morgan fingerprint density at radius 1 is 1.29 bits per heavy atom. The molecule has 0 aliphatic carbocycles. The van der Waals surface area contributed by atoms with Crippen LogP contribution >= 0.6 is 0 Å². The van der Waals surface area contributed by atoms with Crippen LogP contribution in [0.1, 0.15) is 23.2 Å². The number of amides is 2. The summed E-state index contributed by atoms with van der Waals surface area (Å²) in [5, 5.41) is 12.0. The first kappa shape index (κ1) is 19.3. The van der Waals surface area contributed by atoms with Gasteiger partial charge in [0.1, 0.15) is 0 Å². The maximum absolute atomic E-state index is 14.3. The fourth-order valence-electron chi connectivity index (χ4n) is 3.11. The smallest absolute Gasteiger partial charge is 0.407 e. The Kier molecular flexibility index (Phi) is 5.57. The van der Waals surface area contributed by atoms with Crippen LogP contribution in [0.4, 0.5) is 26.6 Å². The second kappa shape index (κ2) is 8.07. The van der Waals surface area contributed by atoms with E-state index in [9.17, 15) is 14.0 Å². The summed E-state index contributed by atoms with van der Waals surface area (Å²) in [7, 11) is 1.54. The SMILES string of the molecule is CN(C(=O)O)C1CCN(c2nc(Nc3ccc(C(N)=O)cc3)ncc2F)CC1. The molecule has 1 fully saturated rings. The predicted octanol–water partition coefficient (Wildman–Crippen LogP) is 2.04. The molecule has 1 aliphatic rings. The van der Waals surface area contributed by atoms with Crippen molar-refractivity contribution in [1.29, 1.82) is 0 Å². The van der Waals surface area contributed by atoms with Crippen molar-refractivity contribution < 1.29 is 19.1 Å². The van der Waals surface area contributed by atoms with Crippen LogP contribution < -0.4 is 16.0 Å². The van der Waals surface area contributed by atoms with Gasteiger partial charge in [0.15, 0.2) is 11.6 Å². The maximum Gasteiger partial charge on any atom is 0.407 e. The van der Waals surface area contributed by atoms with Gasteiger partial charge in [-0.1, -0.05) is 0 Å². The van der Waals surface area contributed by atoms with E-state index in [2.05, 4.69) is 15.3 Å². The topological polar surface area (TPSA) is 125 Å². The Hall–Kier alpha value is -3.43. The monoisotopic (exact) mass is 388 g/mol. The molecule has 3 rings (SSSR count). The molecule has 1 aromatic heterocycles. The van der Waals surface area contributed by atoms with Gasteiger partial charge < -0.3 is 26.0 Å². The van der Waals surface area contributed by atoms with Gasteiger partial charge in [-0.2, -0.15) is 4.98 Å². The lowest BCUT2D eigenvalue weighted by Gasteiger charge is -2.36. The van der Waals surface area contributed by atoms with Crippen LogP contribution in [-0.2, 0) is 0 Å². The van der Waals surface area contributed by atoms with E-state index in [1.165, 1.54) is 4.90 Å². The molecule has 0 bridgehead atoms. The van der Waals surface area contributed by atoms with E-state index in [4.69, 9.17) is 10.8 Å². The molecule has 2 amide bonds. The van der Waals surface area contributed by atoms with Crippen LogP contribution in [0.3, 0.4) is 0 Å². The summed E-state index contributed by atoms with van der Waals surface area (Å²) in [5.74, 6) is -0.681. The van der Waals surface area contributed by atoms with Crippen LogP contribution in [0.25, 0.3) is 0 Å². The third kappa shape index (κ3) is 4.27. The minimum atomic E-state index is -0.972. The van der Waals surface area contributed by atoms with Gasteiger partial charge in [0.25, 0.3) is 0 Å². The number of aromatic nitrogens is 2. The largest absolute Gasteiger partial charge is 0.465 e. The summed E-state index contributed by atoms with van der Waals surface area (Å²) in [6.45, 7) is 0.978. The van der Waals surface area contributed by atoms with E-state index >= 15 is 0 Å². The number of primary amides is 1. The normalized spacial score (nSPS) is 14.6. The van der Waals surface area contributed by atoms with Crippen LogP contribution in [0, 0.1) is 5.82 Å².